The van der Waals surface area contributed by atoms with Crippen LogP contribution in [0.25, 0.3) is 0 Å². The highest BCUT2D eigenvalue weighted by Gasteiger charge is 2.05. The van der Waals surface area contributed by atoms with Crippen LogP contribution in [0.3, 0.4) is 0 Å². The van der Waals surface area contributed by atoms with Gasteiger partial charge in [-0.1, -0.05) is 29.2 Å². The highest BCUT2D eigenvalue weighted by atomic mass is 79.9. The van der Waals surface area contributed by atoms with E-state index in [0.717, 1.165) is 20.3 Å². The molecular weight excluding hydrogens is 306 g/mol. The van der Waals surface area contributed by atoms with Crippen LogP contribution >= 0.6 is 39.0 Å². The number of aromatic nitrogens is 2. The smallest absolute Gasteiger partial charge is 0.178 e. The monoisotopic (exact) mass is 315 g/mol. The van der Waals surface area contributed by atoms with E-state index < -0.39 is 0 Å². The van der Waals surface area contributed by atoms with Crippen LogP contribution in [-0.2, 0) is 6.54 Å². The third kappa shape index (κ3) is 3.04. The summed E-state index contributed by atoms with van der Waals surface area (Å²) >= 11 is 6.74. The maximum absolute atomic E-state index is 4.01. The van der Waals surface area contributed by atoms with E-state index in [-0.39, 0.29) is 0 Å². The van der Waals surface area contributed by atoms with Gasteiger partial charge < -0.3 is 5.32 Å². The number of rotatable bonds is 4. The van der Waals surface area contributed by atoms with Gasteiger partial charge in [-0.15, -0.1) is 10.2 Å². The molecule has 0 aliphatic rings. The Morgan fingerprint density at radius 1 is 1.50 bits per heavy atom. The molecule has 0 fully saturated rings. The largest absolute Gasteiger partial charge is 0.316 e. The van der Waals surface area contributed by atoms with Gasteiger partial charge in [0.1, 0.15) is 5.51 Å². The van der Waals surface area contributed by atoms with Gasteiger partial charge in [-0.05, 0) is 40.7 Å². The average Bonchev–Trinajstić information content (AvgIpc) is 2.75. The fourth-order valence-corrected chi connectivity index (χ4v) is 3.35. The van der Waals surface area contributed by atoms with E-state index in [1.165, 1.54) is 5.56 Å². The van der Waals surface area contributed by atoms with E-state index >= 15 is 0 Å². The zero-order chi connectivity index (χ0) is 11.4. The fourth-order valence-electron chi connectivity index (χ4n) is 1.24. The Labute approximate surface area is 111 Å². The van der Waals surface area contributed by atoms with Crippen LogP contribution in [0.1, 0.15) is 5.56 Å². The van der Waals surface area contributed by atoms with Gasteiger partial charge in [-0.3, -0.25) is 0 Å². The van der Waals surface area contributed by atoms with Gasteiger partial charge in [0.2, 0.25) is 0 Å². The molecule has 2 aromatic rings. The molecule has 0 radical (unpaired) electrons. The zero-order valence-corrected chi connectivity index (χ0v) is 11.8. The Bertz CT molecular complexity index is 459. The molecule has 0 saturated heterocycles. The summed E-state index contributed by atoms with van der Waals surface area (Å²) in [5.41, 5.74) is 3.00. The first-order valence-electron chi connectivity index (χ1n) is 4.66. The number of halogens is 1. The Morgan fingerprint density at radius 3 is 3.00 bits per heavy atom. The number of hydrogen-bond acceptors (Lipinski definition) is 5. The molecule has 1 N–H and O–H groups in total. The van der Waals surface area contributed by atoms with Crippen LogP contribution < -0.4 is 5.32 Å². The summed E-state index contributed by atoms with van der Waals surface area (Å²) in [6, 6.07) is 6.34. The van der Waals surface area contributed by atoms with Crippen LogP contribution in [0, 0.1) is 0 Å². The van der Waals surface area contributed by atoms with Crippen LogP contribution in [0.2, 0.25) is 0 Å². The van der Waals surface area contributed by atoms with E-state index in [9.17, 15) is 0 Å². The molecule has 84 valence electrons. The molecule has 2 rings (SSSR count). The normalized spacial score (nSPS) is 10.6. The van der Waals surface area contributed by atoms with Gasteiger partial charge in [0.15, 0.2) is 4.34 Å². The maximum atomic E-state index is 4.01. The van der Waals surface area contributed by atoms with Crippen molar-refractivity contribution in [2.75, 3.05) is 7.05 Å². The quantitative estimate of drug-likeness (QED) is 0.940. The molecule has 0 amide bonds. The van der Waals surface area contributed by atoms with Crippen LogP contribution in [-0.4, -0.2) is 17.2 Å². The lowest BCUT2D eigenvalue weighted by molar-refractivity contribution is 0.816. The summed E-state index contributed by atoms with van der Waals surface area (Å²) < 4.78 is 2.06. The molecule has 0 unspecified atom stereocenters. The van der Waals surface area contributed by atoms with Crippen molar-refractivity contribution >= 4 is 39.0 Å². The van der Waals surface area contributed by atoms with Gasteiger partial charge >= 0.3 is 0 Å². The molecule has 0 aliphatic heterocycles. The van der Waals surface area contributed by atoms with Crippen LogP contribution in [0.15, 0.2) is 37.4 Å². The zero-order valence-electron chi connectivity index (χ0n) is 8.61. The number of nitrogens with one attached hydrogen (secondary N) is 1. The molecule has 6 heteroatoms. The maximum Gasteiger partial charge on any atom is 0.178 e. The molecule has 16 heavy (non-hydrogen) atoms. The van der Waals surface area contributed by atoms with E-state index in [0.29, 0.717) is 0 Å². The van der Waals surface area contributed by atoms with Crippen LogP contribution in [0.5, 0.6) is 0 Å². The second-order valence-electron chi connectivity index (χ2n) is 3.10. The molecule has 0 spiro atoms. The molecule has 0 saturated carbocycles. The minimum Gasteiger partial charge on any atom is -0.316 e. The van der Waals surface area contributed by atoms with Gasteiger partial charge in [0.05, 0.1) is 0 Å². The molecule has 0 aliphatic carbocycles. The minimum absolute atomic E-state index is 0.877. The summed E-state index contributed by atoms with van der Waals surface area (Å²) in [4.78, 5) is 1.16. The number of benzene rings is 1. The lowest BCUT2D eigenvalue weighted by Gasteiger charge is -2.05. The number of nitrogens with zero attached hydrogens (tertiary/aromatic N) is 2. The first-order valence-corrected chi connectivity index (χ1v) is 7.15. The Hall–Kier alpha value is -0.430. The summed E-state index contributed by atoms with van der Waals surface area (Å²) in [6.07, 6.45) is 0. The highest BCUT2D eigenvalue weighted by Crippen LogP contribution is 2.34. The van der Waals surface area contributed by atoms with Gasteiger partial charge in [-0.25, -0.2) is 0 Å². The molecule has 0 bridgehead atoms. The minimum atomic E-state index is 0.877. The summed E-state index contributed by atoms with van der Waals surface area (Å²) in [7, 11) is 1.94. The second kappa shape index (κ2) is 5.77. The molecular formula is C10H10BrN3S2. The lowest BCUT2D eigenvalue weighted by atomic mass is 10.2. The van der Waals surface area contributed by atoms with Crippen molar-refractivity contribution in [3.63, 3.8) is 0 Å². The third-order valence-corrected chi connectivity index (χ3v) is 4.69. The summed E-state index contributed by atoms with van der Waals surface area (Å²) in [5.74, 6) is 0. The van der Waals surface area contributed by atoms with Crippen molar-refractivity contribution in [3.05, 3.63) is 33.7 Å². The first kappa shape index (κ1) is 12.0. The fraction of sp³-hybridized carbons (Fsp3) is 0.200. The third-order valence-electron chi connectivity index (χ3n) is 1.91. The van der Waals surface area contributed by atoms with Crippen molar-refractivity contribution in [2.24, 2.45) is 0 Å². The number of hydrogen-bond donors (Lipinski definition) is 1. The molecule has 1 heterocycles. The predicted octanol–water partition coefficient (Wildman–Crippen LogP) is 3.17. The Kier molecular flexibility index (Phi) is 4.34. The van der Waals surface area contributed by atoms with E-state index in [1.54, 1.807) is 28.6 Å². The summed E-state index contributed by atoms with van der Waals surface area (Å²) in [6.45, 7) is 0.877. The molecule has 0 atom stereocenters. The summed E-state index contributed by atoms with van der Waals surface area (Å²) in [5, 5.41) is 11.0. The predicted molar refractivity (Wildman–Crippen MR) is 70.9 cm³/mol. The van der Waals surface area contributed by atoms with Gasteiger partial charge in [0, 0.05) is 15.9 Å². The topological polar surface area (TPSA) is 37.8 Å². The SMILES string of the molecule is CNCc1ccc(Sc2nncs2)c(Br)c1. The van der Waals surface area contributed by atoms with Crippen molar-refractivity contribution in [2.45, 2.75) is 15.8 Å². The van der Waals surface area contributed by atoms with Crippen molar-refractivity contribution in [3.8, 4) is 0 Å². The van der Waals surface area contributed by atoms with Gasteiger partial charge in [-0.2, -0.15) is 0 Å². The standard InChI is InChI=1S/C10H10BrN3S2/c1-12-5-7-2-3-9(8(11)4-7)16-10-14-13-6-15-10/h2-4,6,12H,5H2,1H3. The van der Waals surface area contributed by atoms with E-state index in [2.05, 4.69) is 49.6 Å². The van der Waals surface area contributed by atoms with E-state index in [4.69, 9.17) is 0 Å². The Morgan fingerprint density at radius 2 is 2.38 bits per heavy atom. The second-order valence-corrected chi connectivity index (χ2v) is 6.08. The van der Waals surface area contributed by atoms with Crippen LogP contribution in [0.4, 0.5) is 0 Å². The Balaban J connectivity index is 2.16. The van der Waals surface area contributed by atoms with Crippen molar-refractivity contribution < 1.29 is 0 Å². The van der Waals surface area contributed by atoms with E-state index in [1.807, 2.05) is 7.05 Å². The molecule has 3 nitrogen and oxygen atoms in total. The molecule has 1 aromatic carbocycles. The average molecular weight is 316 g/mol. The van der Waals surface area contributed by atoms with Crippen molar-refractivity contribution in [1.82, 2.24) is 15.5 Å². The first-order chi connectivity index (χ1) is 7.79. The highest BCUT2D eigenvalue weighted by molar-refractivity contribution is 9.10. The van der Waals surface area contributed by atoms with Gasteiger partial charge in [0.25, 0.3) is 0 Å². The lowest BCUT2D eigenvalue weighted by Crippen LogP contribution is -2.04. The van der Waals surface area contributed by atoms with Crippen molar-refractivity contribution in [1.29, 1.82) is 0 Å². The molecule has 1 aromatic heterocycles.